The number of hydrogen-bond donors (Lipinski definition) is 0. The van der Waals surface area contributed by atoms with Gasteiger partial charge in [0.2, 0.25) is 5.78 Å². The largest absolute Gasteiger partial charge is 0.463 e. The van der Waals surface area contributed by atoms with E-state index in [1.54, 1.807) is 10.6 Å². The van der Waals surface area contributed by atoms with Crippen LogP contribution in [0.5, 0.6) is 0 Å². The quantitative estimate of drug-likeness (QED) is 0.498. The second-order valence-electron chi connectivity index (χ2n) is 2.70. The lowest BCUT2D eigenvalue weighted by Gasteiger charge is -2.00. The van der Waals surface area contributed by atoms with Crippen LogP contribution in [0.1, 0.15) is 5.69 Å². The summed E-state index contributed by atoms with van der Waals surface area (Å²) < 4.78 is 6.10. The minimum atomic E-state index is -0.791. The van der Waals surface area contributed by atoms with Gasteiger partial charge in [-0.1, -0.05) is 0 Å². The predicted octanol–water partition coefficient (Wildman–Crippen LogP) is 0.310. The maximum atomic E-state index is 11.1. The molecule has 0 aromatic carbocycles. The summed E-state index contributed by atoms with van der Waals surface area (Å²) in [4.78, 5) is 21.9. The molecule has 0 amide bonds. The van der Waals surface area contributed by atoms with Gasteiger partial charge in [0.05, 0.1) is 13.5 Å². The summed E-state index contributed by atoms with van der Waals surface area (Å²) in [6.07, 6.45) is 1.91. The first-order valence-electron chi connectivity index (χ1n) is 3.86. The lowest BCUT2D eigenvalue weighted by atomic mass is 10.2. The number of esters is 1. The molecule has 1 aromatic rings. The molecule has 70 valence electrons. The Labute approximate surface area is 76.1 Å². The maximum absolute atomic E-state index is 11.1. The van der Waals surface area contributed by atoms with Crippen LogP contribution in [0, 0.1) is 0 Å². The lowest BCUT2D eigenvalue weighted by molar-refractivity contribution is -0.151. The van der Waals surface area contributed by atoms with Crippen molar-refractivity contribution in [3.63, 3.8) is 0 Å². The fraction of sp³-hybridized carbons (Fsp3) is 0.333. The number of ketones is 1. The van der Waals surface area contributed by atoms with Crippen LogP contribution < -0.4 is 0 Å². The minimum Gasteiger partial charge on any atom is -0.463 e. The van der Waals surface area contributed by atoms with Gasteiger partial charge in [0.25, 0.3) is 0 Å². The molecule has 0 spiro atoms. The van der Waals surface area contributed by atoms with Crippen molar-refractivity contribution < 1.29 is 14.3 Å². The van der Waals surface area contributed by atoms with Gasteiger partial charge in [-0.3, -0.25) is 4.79 Å². The first-order chi connectivity index (χ1) is 6.15. The fourth-order valence-electron chi connectivity index (χ4n) is 1.03. The Morgan fingerprint density at radius 1 is 1.54 bits per heavy atom. The van der Waals surface area contributed by atoms with Crippen LogP contribution in [0.25, 0.3) is 0 Å². The van der Waals surface area contributed by atoms with Crippen molar-refractivity contribution in [1.29, 1.82) is 0 Å². The van der Waals surface area contributed by atoms with Crippen LogP contribution in [0.4, 0.5) is 0 Å². The van der Waals surface area contributed by atoms with E-state index in [0.717, 1.165) is 5.69 Å². The van der Waals surface area contributed by atoms with Crippen LogP contribution >= 0.6 is 0 Å². The van der Waals surface area contributed by atoms with Crippen molar-refractivity contribution in [3.05, 3.63) is 24.0 Å². The van der Waals surface area contributed by atoms with E-state index >= 15 is 0 Å². The highest BCUT2D eigenvalue weighted by Crippen LogP contribution is 2.01. The molecule has 0 aliphatic carbocycles. The van der Waals surface area contributed by atoms with Crippen molar-refractivity contribution in [2.75, 3.05) is 7.11 Å². The lowest BCUT2D eigenvalue weighted by Crippen LogP contribution is -2.18. The molecule has 4 heteroatoms. The smallest absolute Gasteiger partial charge is 0.374 e. The predicted molar refractivity (Wildman–Crippen MR) is 46.1 cm³/mol. The van der Waals surface area contributed by atoms with Crippen molar-refractivity contribution in [3.8, 4) is 0 Å². The highest BCUT2D eigenvalue weighted by Gasteiger charge is 2.15. The van der Waals surface area contributed by atoms with E-state index < -0.39 is 11.8 Å². The average molecular weight is 181 g/mol. The van der Waals surface area contributed by atoms with E-state index in [9.17, 15) is 9.59 Å². The van der Waals surface area contributed by atoms with Gasteiger partial charge in [-0.25, -0.2) is 4.79 Å². The van der Waals surface area contributed by atoms with Gasteiger partial charge in [0.15, 0.2) is 0 Å². The number of aryl methyl sites for hydroxylation is 1. The summed E-state index contributed by atoms with van der Waals surface area (Å²) in [6.45, 7) is 0. The molecule has 0 N–H and O–H groups in total. The van der Waals surface area contributed by atoms with Crippen LogP contribution in [0.3, 0.4) is 0 Å². The molecule has 0 atom stereocenters. The van der Waals surface area contributed by atoms with Crippen LogP contribution in [-0.2, 0) is 27.8 Å². The normalized spacial score (nSPS) is 9.69. The van der Waals surface area contributed by atoms with Gasteiger partial charge in [0, 0.05) is 18.9 Å². The molecule has 1 rings (SSSR count). The molecule has 0 bridgehead atoms. The number of rotatable bonds is 3. The third-order valence-electron chi connectivity index (χ3n) is 1.81. The van der Waals surface area contributed by atoms with E-state index in [2.05, 4.69) is 4.74 Å². The molecule has 1 aromatic heterocycles. The third kappa shape index (κ3) is 2.18. The number of carbonyl (C=O) groups is 2. The molecule has 0 unspecified atom stereocenters. The van der Waals surface area contributed by atoms with Crippen LogP contribution in [-0.4, -0.2) is 23.4 Å². The number of carbonyl (C=O) groups excluding carboxylic acids is 2. The zero-order valence-corrected chi connectivity index (χ0v) is 7.61. The average Bonchev–Trinajstić information content (AvgIpc) is 2.50. The Bertz CT molecular complexity index is 327. The molecule has 13 heavy (non-hydrogen) atoms. The summed E-state index contributed by atoms with van der Waals surface area (Å²) >= 11 is 0. The Balaban J connectivity index is 2.65. The number of ether oxygens (including phenoxy) is 1. The molecular weight excluding hydrogens is 170 g/mol. The van der Waals surface area contributed by atoms with Gasteiger partial charge in [0.1, 0.15) is 0 Å². The molecule has 0 saturated heterocycles. The first-order valence-corrected chi connectivity index (χ1v) is 3.86. The van der Waals surface area contributed by atoms with E-state index in [4.69, 9.17) is 0 Å². The number of aromatic nitrogens is 1. The van der Waals surface area contributed by atoms with Crippen molar-refractivity contribution in [2.45, 2.75) is 6.42 Å². The summed E-state index contributed by atoms with van der Waals surface area (Å²) in [6, 6.07) is 3.61. The molecule has 0 aliphatic heterocycles. The second-order valence-corrected chi connectivity index (χ2v) is 2.70. The zero-order valence-electron chi connectivity index (χ0n) is 7.61. The molecule has 0 radical (unpaired) electrons. The number of hydrogen-bond acceptors (Lipinski definition) is 3. The van der Waals surface area contributed by atoms with Crippen molar-refractivity contribution >= 4 is 11.8 Å². The highest BCUT2D eigenvalue weighted by molar-refractivity contribution is 6.34. The van der Waals surface area contributed by atoms with E-state index in [1.165, 1.54) is 7.11 Å². The second kappa shape index (κ2) is 3.89. The Morgan fingerprint density at radius 2 is 2.23 bits per heavy atom. The van der Waals surface area contributed by atoms with Gasteiger partial charge in [-0.05, 0) is 12.1 Å². The molecule has 0 aliphatic rings. The van der Waals surface area contributed by atoms with Gasteiger partial charge in [-0.2, -0.15) is 0 Å². The third-order valence-corrected chi connectivity index (χ3v) is 1.81. The molecule has 1 heterocycles. The zero-order chi connectivity index (χ0) is 9.84. The Morgan fingerprint density at radius 3 is 2.69 bits per heavy atom. The molecule has 4 nitrogen and oxygen atoms in total. The maximum Gasteiger partial charge on any atom is 0.374 e. The minimum absolute atomic E-state index is 0.0934. The van der Waals surface area contributed by atoms with Crippen molar-refractivity contribution in [2.24, 2.45) is 7.05 Å². The van der Waals surface area contributed by atoms with Crippen LogP contribution in [0.2, 0.25) is 0 Å². The first kappa shape index (κ1) is 9.51. The number of nitrogens with zero attached hydrogens (tertiary/aromatic N) is 1. The van der Waals surface area contributed by atoms with Gasteiger partial charge < -0.3 is 9.30 Å². The van der Waals surface area contributed by atoms with Crippen molar-refractivity contribution in [1.82, 2.24) is 4.57 Å². The Kier molecular flexibility index (Phi) is 2.84. The summed E-state index contributed by atoms with van der Waals surface area (Å²) in [5, 5.41) is 0. The highest BCUT2D eigenvalue weighted by atomic mass is 16.5. The van der Waals surface area contributed by atoms with E-state index in [-0.39, 0.29) is 6.42 Å². The van der Waals surface area contributed by atoms with Gasteiger partial charge in [-0.15, -0.1) is 0 Å². The summed E-state index contributed by atoms with van der Waals surface area (Å²) in [7, 11) is 3.02. The van der Waals surface area contributed by atoms with Gasteiger partial charge >= 0.3 is 5.97 Å². The summed E-state index contributed by atoms with van der Waals surface area (Å²) in [5.74, 6) is -1.31. The topological polar surface area (TPSA) is 48.3 Å². The van der Waals surface area contributed by atoms with E-state index in [1.807, 2.05) is 19.3 Å². The number of Topliss-reactive ketones (excluding diaryl/α,β-unsaturated/α-hetero) is 1. The fourth-order valence-corrected chi connectivity index (χ4v) is 1.03. The monoisotopic (exact) mass is 181 g/mol. The summed E-state index contributed by atoms with van der Waals surface area (Å²) in [5.41, 5.74) is 0.801. The number of methoxy groups -OCH3 is 1. The Hall–Kier alpha value is -1.58. The molecule has 0 fully saturated rings. The SMILES string of the molecule is COC(=O)C(=O)Cc1cccn1C. The molecule has 0 saturated carbocycles. The van der Waals surface area contributed by atoms with E-state index in [0.29, 0.717) is 0 Å². The standard InChI is InChI=1S/C9H11NO3/c1-10-5-3-4-7(10)6-8(11)9(12)13-2/h3-5H,6H2,1-2H3. The molecular formula is C9H11NO3. The van der Waals surface area contributed by atoms with Crippen LogP contribution in [0.15, 0.2) is 18.3 Å².